The van der Waals surface area contributed by atoms with Crippen LogP contribution in [0.15, 0.2) is 91.3 Å². The van der Waals surface area contributed by atoms with Crippen molar-refractivity contribution in [2.45, 2.75) is 44.3 Å². The van der Waals surface area contributed by atoms with E-state index in [2.05, 4.69) is 20.2 Å². The number of carbonyl (C=O) groups is 3. The SMILES string of the molecule is Cc1ccc(C(CSCc2ccccc2)(C(=O)O)C(=O)N(C(=O)Nc2ncccn2)c2ccc(N3CCCCC3)cc2)cc1C. The number of aryl methyl sites for hydroxylation is 2. The van der Waals surface area contributed by atoms with Gasteiger partial charge < -0.3 is 10.0 Å². The molecule has 1 aliphatic rings. The summed E-state index contributed by atoms with van der Waals surface area (Å²) in [5.74, 6) is -1.83. The van der Waals surface area contributed by atoms with Crippen molar-refractivity contribution in [3.63, 3.8) is 0 Å². The Bertz CT molecular complexity index is 1630. The summed E-state index contributed by atoms with van der Waals surface area (Å²) in [5.41, 5.74) is 2.26. The molecule has 1 fully saturated rings. The minimum atomic E-state index is -2.08. The molecule has 45 heavy (non-hydrogen) atoms. The topological polar surface area (TPSA) is 116 Å². The lowest BCUT2D eigenvalue weighted by Gasteiger charge is -2.34. The predicted octanol–water partition coefficient (Wildman–Crippen LogP) is 6.60. The van der Waals surface area contributed by atoms with E-state index in [0.717, 1.165) is 53.2 Å². The number of aromatic nitrogens is 2. The molecule has 10 heteroatoms. The molecule has 232 valence electrons. The van der Waals surface area contributed by atoms with E-state index in [9.17, 15) is 19.5 Å². The van der Waals surface area contributed by atoms with Gasteiger partial charge in [0.2, 0.25) is 5.95 Å². The summed E-state index contributed by atoms with van der Waals surface area (Å²) in [7, 11) is 0. The number of hydrogen-bond acceptors (Lipinski definition) is 7. The molecule has 3 aromatic carbocycles. The van der Waals surface area contributed by atoms with Gasteiger partial charge in [0.25, 0.3) is 5.91 Å². The number of hydrogen-bond donors (Lipinski definition) is 2. The molecule has 1 aromatic heterocycles. The normalized spacial score (nSPS) is 14.3. The van der Waals surface area contributed by atoms with E-state index in [0.29, 0.717) is 11.3 Å². The lowest BCUT2D eigenvalue weighted by molar-refractivity contribution is -0.147. The van der Waals surface area contributed by atoms with Crippen LogP contribution >= 0.6 is 11.8 Å². The van der Waals surface area contributed by atoms with Gasteiger partial charge in [0.05, 0.1) is 5.69 Å². The van der Waals surface area contributed by atoms with Crippen molar-refractivity contribution in [3.05, 3.63) is 114 Å². The number of carbonyl (C=O) groups excluding carboxylic acids is 2. The lowest BCUT2D eigenvalue weighted by Crippen LogP contribution is -2.56. The van der Waals surface area contributed by atoms with Crippen LogP contribution in [-0.2, 0) is 20.8 Å². The van der Waals surface area contributed by atoms with Crippen molar-refractivity contribution in [1.82, 2.24) is 9.97 Å². The molecule has 4 aromatic rings. The maximum Gasteiger partial charge on any atom is 0.335 e. The van der Waals surface area contributed by atoms with E-state index in [1.807, 2.05) is 62.4 Å². The number of nitrogens with one attached hydrogen (secondary N) is 1. The molecular weight excluding hydrogens is 586 g/mol. The van der Waals surface area contributed by atoms with Crippen molar-refractivity contribution in [2.24, 2.45) is 0 Å². The van der Waals surface area contributed by atoms with Crippen LogP contribution in [0.5, 0.6) is 0 Å². The van der Waals surface area contributed by atoms with E-state index < -0.39 is 23.3 Å². The first kappa shape index (κ1) is 31.7. The summed E-state index contributed by atoms with van der Waals surface area (Å²) in [6, 6.07) is 22.8. The Balaban J connectivity index is 1.58. The Labute approximate surface area is 267 Å². The fraction of sp³-hybridized carbons (Fsp3) is 0.286. The van der Waals surface area contributed by atoms with Gasteiger partial charge in [-0.05, 0) is 85.7 Å². The summed E-state index contributed by atoms with van der Waals surface area (Å²) in [4.78, 5) is 53.7. The Kier molecular flexibility index (Phi) is 10.1. The first-order valence-corrected chi connectivity index (χ1v) is 16.2. The fourth-order valence-electron chi connectivity index (χ4n) is 5.45. The zero-order chi connectivity index (χ0) is 31.8. The number of thioether (sulfide) groups is 1. The number of anilines is 3. The second-order valence-electron chi connectivity index (χ2n) is 11.2. The minimum absolute atomic E-state index is 0.00389. The summed E-state index contributed by atoms with van der Waals surface area (Å²) >= 11 is 1.33. The molecule has 9 nitrogen and oxygen atoms in total. The van der Waals surface area contributed by atoms with Crippen LogP contribution in [0.1, 0.15) is 41.5 Å². The number of aliphatic carboxylic acids is 1. The van der Waals surface area contributed by atoms with Crippen molar-refractivity contribution in [1.29, 1.82) is 0 Å². The third-order valence-electron chi connectivity index (χ3n) is 8.18. The molecule has 2 heterocycles. The zero-order valence-corrected chi connectivity index (χ0v) is 26.3. The van der Waals surface area contributed by atoms with Crippen LogP contribution in [-0.4, -0.2) is 51.8 Å². The second kappa shape index (κ2) is 14.4. The second-order valence-corrected chi connectivity index (χ2v) is 12.2. The van der Waals surface area contributed by atoms with Crippen LogP contribution in [0, 0.1) is 13.8 Å². The highest BCUT2D eigenvalue weighted by Gasteiger charge is 2.52. The fourth-order valence-corrected chi connectivity index (χ4v) is 6.70. The number of imide groups is 1. The van der Waals surface area contributed by atoms with Crippen molar-refractivity contribution in [2.75, 3.05) is 34.0 Å². The highest BCUT2D eigenvalue weighted by Crippen LogP contribution is 2.36. The van der Waals surface area contributed by atoms with Crippen molar-refractivity contribution in [3.8, 4) is 0 Å². The number of piperidine rings is 1. The maximum absolute atomic E-state index is 14.9. The number of rotatable bonds is 10. The first-order valence-electron chi connectivity index (χ1n) is 15.0. The van der Waals surface area contributed by atoms with Crippen LogP contribution < -0.4 is 15.1 Å². The number of nitrogens with zero attached hydrogens (tertiary/aromatic N) is 4. The standard InChI is InChI=1S/C35H37N5O4S/c1-25-12-13-28(22-26(25)2)35(32(42)43,24-45-23-27-10-5-3-6-11-27)31(41)40(34(44)38-33-36-18-9-19-37-33)30-16-14-29(15-17-30)39-20-7-4-8-21-39/h3,5-6,9-19,22H,4,7-8,20-21,23-24H2,1-2H3,(H,42,43)(H,36,37,38,44). The van der Waals surface area contributed by atoms with Gasteiger partial charge in [-0.3, -0.25) is 14.9 Å². The highest BCUT2D eigenvalue weighted by atomic mass is 32.2. The third kappa shape index (κ3) is 7.17. The Morgan fingerprint density at radius 3 is 2.22 bits per heavy atom. The molecule has 0 bridgehead atoms. The Morgan fingerprint density at radius 2 is 1.58 bits per heavy atom. The Morgan fingerprint density at radius 1 is 0.889 bits per heavy atom. The summed E-state index contributed by atoms with van der Waals surface area (Å²) in [5, 5.41) is 13.6. The third-order valence-corrected chi connectivity index (χ3v) is 9.35. The van der Waals surface area contributed by atoms with Gasteiger partial charge in [-0.15, -0.1) is 0 Å². The summed E-state index contributed by atoms with van der Waals surface area (Å²) in [6.45, 7) is 5.67. The van der Waals surface area contributed by atoms with Crippen LogP contribution in [0.2, 0.25) is 0 Å². The van der Waals surface area contributed by atoms with Gasteiger partial charge in [0.1, 0.15) is 0 Å². The van der Waals surface area contributed by atoms with E-state index in [1.54, 1.807) is 30.3 Å². The molecule has 5 rings (SSSR count). The van der Waals surface area contributed by atoms with E-state index in [-0.39, 0.29) is 17.4 Å². The molecule has 1 atom stereocenters. The number of amides is 3. The number of benzene rings is 3. The minimum Gasteiger partial charge on any atom is -0.480 e. The van der Waals surface area contributed by atoms with Crippen molar-refractivity contribution < 1.29 is 19.5 Å². The van der Waals surface area contributed by atoms with E-state index >= 15 is 0 Å². The maximum atomic E-state index is 14.9. The number of carboxylic acid groups (broad SMARTS) is 1. The highest BCUT2D eigenvalue weighted by molar-refractivity contribution is 7.98. The summed E-state index contributed by atoms with van der Waals surface area (Å²) in [6.07, 6.45) is 6.34. The monoisotopic (exact) mass is 623 g/mol. The van der Waals surface area contributed by atoms with E-state index in [1.165, 1.54) is 30.6 Å². The number of urea groups is 1. The number of carboxylic acids is 1. The van der Waals surface area contributed by atoms with Gasteiger partial charge in [-0.25, -0.2) is 19.7 Å². The quantitative estimate of drug-likeness (QED) is 0.190. The lowest BCUT2D eigenvalue weighted by atomic mass is 9.79. The van der Waals surface area contributed by atoms with Crippen LogP contribution in [0.3, 0.4) is 0 Å². The zero-order valence-electron chi connectivity index (χ0n) is 25.5. The molecule has 3 amide bonds. The average Bonchev–Trinajstić information content (AvgIpc) is 3.06. The van der Waals surface area contributed by atoms with Gasteiger partial charge >= 0.3 is 12.0 Å². The van der Waals surface area contributed by atoms with Gasteiger partial charge in [-0.1, -0.05) is 48.5 Å². The molecule has 0 radical (unpaired) electrons. The molecule has 2 N–H and O–H groups in total. The smallest absolute Gasteiger partial charge is 0.335 e. The molecule has 0 aliphatic carbocycles. The molecule has 1 saturated heterocycles. The molecule has 0 spiro atoms. The summed E-state index contributed by atoms with van der Waals surface area (Å²) < 4.78 is 0. The largest absolute Gasteiger partial charge is 0.480 e. The molecular formula is C35H37N5O4S. The Hall–Kier alpha value is -4.70. The van der Waals surface area contributed by atoms with Crippen LogP contribution in [0.25, 0.3) is 0 Å². The van der Waals surface area contributed by atoms with Crippen molar-refractivity contribution >= 4 is 47.0 Å². The van der Waals surface area contributed by atoms with Gasteiger partial charge in [0, 0.05) is 42.7 Å². The predicted molar refractivity (Wildman–Crippen MR) is 179 cm³/mol. The molecule has 1 unspecified atom stereocenters. The van der Waals surface area contributed by atoms with E-state index in [4.69, 9.17) is 0 Å². The molecule has 1 aliphatic heterocycles. The average molecular weight is 624 g/mol. The van der Waals surface area contributed by atoms with Gasteiger partial charge in [-0.2, -0.15) is 11.8 Å². The first-order chi connectivity index (χ1) is 21.8. The van der Waals surface area contributed by atoms with Gasteiger partial charge in [0.15, 0.2) is 5.41 Å². The van der Waals surface area contributed by atoms with Crippen LogP contribution in [0.4, 0.5) is 22.1 Å². The molecule has 0 saturated carbocycles.